The molecule has 0 radical (unpaired) electrons. The Labute approximate surface area is 137 Å². The van der Waals surface area contributed by atoms with E-state index in [-0.39, 0.29) is 0 Å². The summed E-state index contributed by atoms with van der Waals surface area (Å²) in [6.45, 7) is 11.7. The van der Waals surface area contributed by atoms with Gasteiger partial charge in [-0.1, -0.05) is 6.07 Å². The zero-order valence-corrected chi connectivity index (χ0v) is 14.7. The fraction of sp³-hybridized carbons (Fsp3) is 0.688. The molecule has 2 N–H and O–H groups in total. The molecule has 6 heteroatoms. The molecule has 2 heterocycles. The van der Waals surface area contributed by atoms with Gasteiger partial charge in [0.1, 0.15) is 0 Å². The van der Waals surface area contributed by atoms with E-state index in [9.17, 15) is 0 Å². The van der Waals surface area contributed by atoms with Gasteiger partial charge in [-0.25, -0.2) is 4.99 Å². The van der Waals surface area contributed by atoms with Gasteiger partial charge in [-0.2, -0.15) is 0 Å². The number of hydrogen-bond donors (Lipinski definition) is 2. The third-order valence-electron chi connectivity index (χ3n) is 3.87. The molecule has 1 fully saturated rings. The van der Waals surface area contributed by atoms with E-state index < -0.39 is 0 Å². The Morgan fingerprint density at radius 2 is 2.41 bits per heavy atom. The molecule has 1 aliphatic rings. The van der Waals surface area contributed by atoms with Crippen LogP contribution in [0.3, 0.4) is 0 Å². The molecule has 0 amide bonds. The highest BCUT2D eigenvalue weighted by atomic mass is 32.1. The molecule has 124 valence electrons. The number of nitrogens with zero attached hydrogens (tertiary/aromatic N) is 2. The lowest BCUT2D eigenvalue weighted by Crippen LogP contribution is -2.53. The second-order valence-corrected chi connectivity index (χ2v) is 6.70. The van der Waals surface area contributed by atoms with Crippen molar-refractivity contribution in [1.82, 2.24) is 15.5 Å². The first kappa shape index (κ1) is 17.2. The van der Waals surface area contributed by atoms with Crippen molar-refractivity contribution in [3.63, 3.8) is 0 Å². The first-order valence-corrected chi connectivity index (χ1v) is 8.96. The summed E-state index contributed by atoms with van der Waals surface area (Å²) in [7, 11) is 0. The molecule has 0 spiro atoms. The average molecular weight is 324 g/mol. The van der Waals surface area contributed by atoms with Crippen molar-refractivity contribution in [2.45, 2.75) is 39.4 Å². The summed E-state index contributed by atoms with van der Waals surface area (Å²) >= 11 is 1.75. The van der Waals surface area contributed by atoms with E-state index in [1.54, 1.807) is 11.3 Å². The van der Waals surface area contributed by atoms with Crippen LogP contribution in [0.25, 0.3) is 0 Å². The van der Waals surface area contributed by atoms with Gasteiger partial charge in [-0.15, -0.1) is 11.3 Å². The van der Waals surface area contributed by atoms with Crippen molar-refractivity contribution in [1.29, 1.82) is 0 Å². The maximum Gasteiger partial charge on any atom is 0.191 e. The first-order chi connectivity index (χ1) is 10.7. The second-order valence-electron chi connectivity index (χ2n) is 5.67. The van der Waals surface area contributed by atoms with Gasteiger partial charge < -0.3 is 15.4 Å². The topological polar surface area (TPSA) is 48.9 Å². The minimum absolute atomic E-state index is 0.462. The third kappa shape index (κ3) is 5.26. The molecule has 0 aromatic carbocycles. The van der Waals surface area contributed by atoms with E-state index in [4.69, 9.17) is 4.74 Å². The minimum atomic E-state index is 0.462. The number of morpholine rings is 1. The van der Waals surface area contributed by atoms with Crippen LogP contribution in [0.15, 0.2) is 22.5 Å². The highest BCUT2D eigenvalue weighted by molar-refractivity contribution is 7.09. The molecule has 0 saturated carbocycles. The highest BCUT2D eigenvalue weighted by Gasteiger charge is 2.23. The van der Waals surface area contributed by atoms with Gasteiger partial charge in [-0.3, -0.25) is 4.90 Å². The lowest BCUT2D eigenvalue weighted by molar-refractivity contribution is -0.0174. The smallest absolute Gasteiger partial charge is 0.191 e. The fourth-order valence-electron chi connectivity index (χ4n) is 2.66. The SMILES string of the molecule is CCNC(=NCc1cccs1)NCC(C)N1CCOCC1C. The standard InChI is InChI=1S/C16H28N4OS/c1-4-17-16(19-11-15-6-5-9-22-15)18-10-13(2)20-7-8-21-12-14(20)3/h5-6,9,13-14H,4,7-8,10-12H2,1-3H3,(H2,17,18,19). The van der Waals surface area contributed by atoms with Crippen molar-refractivity contribution in [2.24, 2.45) is 4.99 Å². The van der Waals surface area contributed by atoms with Crippen molar-refractivity contribution in [3.8, 4) is 0 Å². The van der Waals surface area contributed by atoms with Crippen molar-refractivity contribution in [2.75, 3.05) is 32.8 Å². The van der Waals surface area contributed by atoms with Crippen molar-refractivity contribution < 1.29 is 4.74 Å². The maximum atomic E-state index is 5.51. The normalized spacial score (nSPS) is 21.6. The van der Waals surface area contributed by atoms with Gasteiger partial charge in [0.15, 0.2) is 5.96 Å². The molecule has 1 aromatic heterocycles. The Morgan fingerprint density at radius 3 is 3.09 bits per heavy atom. The van der Waals surface area contributed by atoms with Crippen LogP contribution in [0.1, 0.15) is 25.6 Å². The first-order valence-electron chi connectivity index (χ1n) is 8.08. The molecule has 2 atom stereocenters. The number of ether oxygens (including phenoxy) is 1. The zero-order valence-electron chi connectivity index (χ0n) is 13.8. The van der Waals surface area contributed by atoms with Crippen LogP contribution < -0.4 is 10.6 Å². The molecule has 1 aromatic rings. The monoisotopic (exact) mass is 324 g/mol. The summed E-state index contributed by atoms with van der Waals surface area (Å²) in [5, 5.41) is 8.87. The summed E-state index contributed by atoms with van der Waals surface area (Å²) in [6, 6.07) is 5.13. The van der Waals surface area contributed by atoms with E-state index in [0.717, 1.165) is 45.4 Å². The molecular weight excluding hydrogens is 296 g/mol. The number of thiophene rings is 1. The Morgan fingerprint density at radius 1 is 1.55 bits per heavy atom. The molecule has 22 heavy (non-hydrogen) atoms. The van der Waals surface area contributed by atoms with Gasteiger partial charge in [0.05, 0.1) is 19.8 Å². The predicted octanol–water partition coefficient (Wildman–Crippen LogP) is 1.91. The summed E-state index contributed by atoms with van der Waals surface area (Å²) in [6.07, 6.45) is 0. The summed E-state index contributed by atoms with van der Waals surface area (Å²) in [4.78, 5) is 8.44. The molecule has 1 saturated heterocycles. The Hall–Kier alpha value is -1.11. The third-order valence-corrected chi connectivity index (χ3v) is 4.73. The zero-order chi connectivity index (χ0) is 15.8. The van der Waals surface area contributed by atoms with Crippen LogP contribution in [0.5, 0.6) is 0 Å². The second kappa shape index (κ2) is 9.12. The number of guanidine groups is 1. The summed E-state index contributed by atoms with van der Waals surface area (Å²) in [5.74, 6) is 0.892. The van der Waals surface area contributed by atoms with Gasteiger partial charge in [-0.05, 0) is 32.2 Å². The summed E-state index contributed by atoms with van der Waals surface area (Å²) < 4.78 is 5.51. The Balaban J connectivity index is 1.83. The quantitative estimate of drug-likeness (QED) is 0.620. The largest absolute Gasteiger partial charge is 0.379 e. The number of aliphatic imine (C=N–C) groups is 1. The van der Waals surface area contributed by atoms with Crippen LogP contribution in [-0.2, 0) is 11.3 Å². The minimum Gasteiger partial charge on any atom is -0.379 e. The van der Waals surface area contributed by atoms with E-state index >= 15 is 0 Å². The highest BCUT2D eigenvalue weighted by Crippen LogP contribution is 2.11. The van der Waals surface area contributed by atoms with E-state index in [2.05, 4.69) is 58.8 Å². The van der Waals surface area contributed by atoms with Crippen LogP contribution in [0, 0.1) is 0 Å². The van der Waals surface area contributed by atoms with Crippen molar-refractivity contribution >= 4 is 17.3 Å². The number of hydrogen-bond acceptors (Lipinski definition) is 4. The maximum absolute atomic E-state index is 5.51. The van der Waals surface area contributed by atoms with Gasteiger partial charge >= 0.3 is 0 Å². The van der Waals surface area contributed by atoms with Gasteiger partial charge in [0.2, 0.25) is 0 Å². The van der Waals surface area contributed by atoms with E-state index in [0.29, 0.717) is 12.1 Å². The molecule has 2 rings (SSSR count). The van der Waals surface area contributed by atoms with Crippen LogP contribution >= 0.6 is 11.3 Å². The molecule has 5 nitrogen and oxygen atoms in total. The molecular formula is C16H28N4OS. The van der Waals surface area contributed by atoms with E-state index in [1.807, 2.05) is 0 Å². The molecule has 2 unspecified atom stereocenters. The van der Waals surface area contributed by atoms with E-state index in [1.165, 1.54) is 4.88 Å². The van der Waals surface area contributed by atoms with Crippen LogP contribution in [0.4, 0.5) is 0 Å². The van der Waals surface area contributed by atoms with Gasteiger partial charge in [0.25, 0.3) is 0 Å². The number of rotatable bonds is 6. The van der Waals surface area contributed by atoms with Crippen LogP contribution in [-0.4, -0.2) is 55.8 Å². The molecule has 1 aliphatic heterocycles. The van der Waals surface area contributed by atoms with Gasteiger partial charge in [0, 0.05) is 36.6 Å². The summed E-state index contributed by atoms with van der Waals surface area (Å²) in [5.41, 5.74) is 0. The Bertz CT molecular complexity index is 449. The van der Waals surface area contributed by atoms with Crippen LogP contribution in [0.2, 0.25) is 0 Å². The molecule has 0 bridgehead atoms. The lowest BCUT2D eigenvalue weighted by atomic mass is 10.2. The Kier molecular flexibility index (Phi) is 7.15. The van der Waals surface area contributed by atoms with Crippen molar-refractivity contribution in [3.05, 3.63) is 22.4 Å². The predicted molar refractivity (Wildman–Crippen MR) is 93.6 cm³/mol. The lowest BCUT2D eigenvalue weighted by Gasteiger charge is -2.38. The number of nitrogens with one attached hydrogen (secondary N) is 2. The molecule has 0 aliphatic carbocycles. The average Bonchev–Trinajstić information content (AvgIpc) is 3.03. The fourth-order valence-corrected chi connectivity index (χ4v) is 3.29.